The highest BCUT2D eigenvalue weighted by molar-refractivity contribution is 7.90. The minimum absolute atomic E-state index is 0.0128. The number of Topliss-reactive ketones (excluding diaryl/α,β-unsaturated/α-hetero) is 1. The van der Waals surface area contributed by atoms with Crippen molar-refractivity contribution in [1.82, 2.24) is 105 Å². The number of tetrazole rings is 1. The molecular weight excluding hydrogens is 1720 g/mol. The van der Waals surface area contributed by atoms with Crippen LogP contribution in [0.25, 0.3) is 10.9 Å². The minimum Gasteiger partial charge on any atom is -0.394 e. The molecule has 1 saturated heterocycles. The van der Waals surface area contributed by atoms with Gasteiger partial charge < -0.3 is 111 Å². The number of nitrogens with one attached hydrogen (secondary N) is 19. The van der Waals surface area contributed by atoms with E-state index in [1.165, 1.54) is 39.0 Å². The number of hydrogen-bond acceptors (Lipinski definition) is 24. The van der Waals surface area contributed by atoms with E-state index in [1.54, 1.807) is 49.5 Å². The SMILES string of the molecule is CCCC[C@H](NC(=O)[C@H](CO)NC(=O)[C@H](CCCNC(=N)N)NC(=O)COCCOCCNC(=O)CCCS(=O)(=O)NC(=O)CCCCCCCCCCCCCCCc1nnn[nH]1)C(=O)N[C@H]1CCC(=O)NCCCC[C@@H](C(C)=O)NC(=O)[C@H](Cc2c[nH]c3ccccc23)NC(=O)[C@H](CCCNC(=N)N)NC(=O)[C@@H](Cc2ccccc2)NC(=O)[C@H](CCCNC(N)=O)NC1=O. The summed E-state index contributed by atoms with van der Waals surface area (Å²) in [5.41, 5.74) is 18.3. The van der Waals surface area contributed by atoms with Gasteiger partial charge in [-0.1, -0.05) is 139 Å². The number of carbonyl (C=O) groups is 14. The minimum atomic E-state index is -3.96. The van der Waals surface area contributed by atoms with Crippen molar-refractivity contribution in [3.8, 4) is 0 Å². The van der Waals surface area contributed by atoms with Crippen LogP contribution in [-0.4, -0.2) is 260 Å². The fraction of sp³-hybridized carbons (Fsp3) is 0.640. The van der Waals surface area contributed by atoms with Crippen LogP contribution >= 0.6 is 0 Å². The predicted octanol–water partition coefficient (Wildman–Crippen LogP) is -0.264. The van der Waals surface area contributed by atoms with Crippen molar-refractivity contribution < 1.29 is 90.1 Å². The molecule has 44 nitrogen and oxygen atoms in total. The number of primary amides is 1. The van der Waals surface area contributed by atoms with E-state index in [-0.39, 0.29) is 167 Å². The number of unbranched alkanes of at least 4 members (excludes halogenated alkanes) is 13. The van der Waals surface area contributed by atoms with E-state index >= 15 is 14.4 Å². The molecule has 4 aromatic rings. The molecule has 9 atom stereocenters. The lowest BCUT2D eigenvalue weighted by molar-refractivity contribution is -0.136. The van der Waals surface area contributed by atoms with Gasteiger partial charge in [0.25, 0.3) is 0 Å². The summed E-state index contributed by atoms with van der Waals surface area (Å²) >= 11 is 0. The lowest BCUT2D eigenvalue weighted by atomic mass is 10.0. The van der Waals surface area contributed by atoms with Gasteiger partial charge in [0.15, 0.2) is 17.7 Å². The largest absolute Gasteiger partial charge is 0.394 e. The summed E-state index contributed by atoms with van der Waals surface area (Å²) in [4.78, 5) is 198. The van der Waals surface area contributed by atoms with Gasteiger partial charge in [0.2, 0.25) is 80.9 Å². The number of rotatable bonds is 57. The summed E-state index contributed by atoms with van der Waals surface area (Å²) in [6.45, 7) is 1.33. The van der Waals surface area contributed by atoms with Gasteiger partial charge in [-0.3, -0.25) is 77.9 Å². The quantitative estimate of drug-likeness (QED) is 0.0154. The third-order valence-corrected chi connectivity index (χ3v) is 23.0. The molecule has 14 amide bonds. The van der Waals surface area contributed by atoms with Gasteiger partial charge in [-0.15, -0.1) is 5.10 Å². The zero-order chi connectivity index (χ0) is 95.6. The molecule has 3 heterocycles. The number of benzene rings is 2. The Morgan fingerprint density at radius 2 is 1.11 bits per heavy atom. The van der Waals surface area contributed by atoms with Gasteiger partial charge in [0.05, 0.1) is 38.2 Å². The number of sulfonamides is 1. The highest BCUT2D eigenvalue weighted by Gasteiger charge is 2.37. The molecular formula is C86H139N25O19S. The van der Waals surface area contributed by atoms with Crippen molar-refractivity contribution in [3.05, 3.63) is 77.7 Å². The molecule has 26 N–H and O–H groups in total. The number of amides is 14. The Hall–Kier alpha value is -12.0. The monoisotopic (exact) mass is 1860 g/mol. The van der Waals surface area contributed by atoms with Gasteiger partial charge in [-0.05, 0) is 124 Å². The van der Waals surface area contributed by atoms with Crippen molar-refractivity contribution in [2.45, 2.75) is 280 Å². The van der Waals surface area contributed by atoms with Crippen LogP contribution in [0.2, 0.25) is 0 Å². The number of hydrogen-bond donors (Lipinski definition) is 23. The Morgan fingerprint density at radius 3 is 1.75 bits per heavy atom. The summed E-state index contributed by atoms with van der Waals surface area (Å²) in [5, 5.41) is 77.5. The molecule has 45 heteroatoms. The molecule has 2 aromatic heterocycles. The molecule has 1 aliphatic heterocycles. The Balaban J connectivity index is 1.20. The summed E-state index contributed by atoms with van der Waals surface area (Å²) in [6.07, 6.45) is 16.2. The third-order valence-electron chi connectivity index (χ3n) is 21.6. The smallest absolute Gasteiger partial charge is 0.312 e. The van der Waals surface area contributed by atoms with Gasteiger partial charge >= 0.3 is 6.03 Å². The second kappa shape index (κ2) is 63.1. The number of nitrogens with two attached hydrogens (primary N) is 3. The van der Waals surface area contributed by atoms with Crippen LogP contribution in [0.5, 0.6) is 0 Å². The summed E-state index contributed by atoms with van der Waals surface area (Å²) < 4.78 is 38.3. The van der Waals surface area contributed by atoms with E-state index in [4.69, 9.17) is 37.5 Å². The number of fused-ring (bicyclic) bond motifs is 1. The molecule has 5 rings (SSSR count). The highest BCUT2D eigenvalue weighted by Crippen LogP contribution is 2.21. The van der Waals surface area contributed by atoms with Crippen molar-refractivity contribution in [3.63, 3.8) is 0 Å². The maximum absolute atomic E-state index is 15.0. The number of aryl methyl sites for hydroxylation is 1. The number of H-pyrrole nitrogens is 2. The third kappa shape index (κ3) is 46.9. The first-order valence-corrected chi connectivity index (χ1v) is 47.2. The number of guanidine groups is 2. The number of ether oxygens (including phenoxy) is 2. The zero-order valence-electron chi connectivity index (χ0n) is 75.4. The predicted molar refractivity (Wildman–Crippen MR) is 486 cm³/mol. The molecule has 0 bridgehead atoms. The first-order chi connectivity index (χ1) is 62.9. The maximum Gasteiger partial charge on any atom is 0.312 e. The number of aromatic nitrogens is 5. The molecule has 0 aliphatic carbocycles. The highest BCUT2D eigenvalue weighted by atomic mass is 32.2. The maximum atomic E-state index is 15.0. The zero-order valence-corrected chi connectivity index (χ0v) is 76.2. The van der Waals surface area contributed by atoms with Crippen molar-refractivity contribution in [2.24, 2.45) is 17.2 Å². The first-order valence-electron chi connectivity index (χ1n) is 45.5. The van der Waals surface area contributed by atoms with Crippen LogP contribution in [0, 0.1) is 10.8 Å². The number of ketones is 1. The number of nitrogens with zero attached hydrogens (tertiary/aromatic N) is 3. The van der Waals surface area contributed by atoms with Gasteiger partial charge in [-0.2, -0.15) is 0 Å². The Bertz CT molecular complexity index is 4360. The average Bonchev–Trinajstić information content (AvgIpc) is 1.69. The van der Waals surface area contributed by atoms with Crippen LogP contribution in [0.4, 0.5) is 4.79 Å². The van der Waals surface area contributed by atoms with Crippen LogP contribution < -0.4 is 96.4 Å². The standard InChI is InChI=1S/C86H139N25O19S/c1-3-4-32-64(102-83(125)70(55-112)106-76(118)63(35-25-44-94-84(87)88)98-75(117)56-130-50-49-129-48-47-93-72(114)40-28-51-131(127,128)109-74(116)39-20-15-13-11-9-7-5-6-8-10-12-14-19-38-71-107-110-111-108-71)77(119)103-67-41-42-73(115)92-43-24-23-33-61(57(2)113)99-82(124)69(53-59-54-97-62-34-22-21-31-60(59)62)105-79(121)66(36-26-45-95-85(89)90)101-81(123)68(52-58-29-17-16-18-30-58)104-78(120)65(100-80(67)122)37-27-46-96-86(91)126/h16-18,21-22,29-31,34,54,61,63-70,97,112H,3-15,19-20,23-28,32-33,35-53,55-56H2,1-2H3,(H,92,115)(H,93,114)(H,98,117)(H,99,124)(H,100,122)(H,101,123)(H,102,125)(H,103,119)(H,104,120)(H,105,121)(H,106,118)(H,109,116)(H4,87,88,94)(H4,89,90,95)(H3,91,96,126)(H,107,108,110,111)/t61-,63-,64-,65-,66-,67-,68+,69-,70-/m0/s1. The molecule has 2 aromatic carbocycles. The van der Waals surface area contributed by atoms with Crippen molar-refractivity contribution in [2.75, 3.05) is 71.5 Å². The number of carbonyl (C=O) groups excluding carboxylic acids is 14. The van der Waals surface area contributed by atoms with Crippen molar-refractivity contribution in [1.29, 1.82) is 10.8 Å². The average molecular weight is 1860 g/mol. The van der Waals surface area contributed by atoms with E-state index in [0.29, 0.717) is 24.0 Å². The Labute approximate surface area is 764 Å². The molecule has 1 fully saturated rings. The lowest BCUT2D eigenvalue weighted by Crippen LogP contribution is -2.61. The van der Waals surface area contributed by atoms with Crippen molar-refractivity contribution >= 4 is 116 Å². The number of aliphatic hydroxyl groups excluding tert-OH is 1. The van der Waals surface area contributed by atoms with Crippen LogP contribution in [0.1, 0.15) is 223 Å². The Morgan fingerprint density at radius 1 is 0.557 bits per heavy atom. The molecule has 728 valence electrons. The molecule has 0 saturated carbocycles. The normalized spacial score (nSPS) is 17.6. The molecule has 0 spiro atoms. The summed E-state index contributed by atoms with van der Waals surface area (Å²) in [7, 11) is -3.96. The number of aliphatic hydroxyl groups is 1. The van der Waals surface area contributed by atoms with Crippen LogP contribution in [0.15, 0.2) is 60.8 Å². The van der Waals surface area contributed by atoms with Gasteiger partial charge in [-0.25, -0.2) is 18.3 Å². The molecule has 0 radical (unpaired) electrons. The number of para-hydroxylation sites is 1. The lowest BCUT2D eigenvalue weighted by Gasteiger charge is -2.28. The summed E-state index contributed by atoms with van der Waals surface area (Å²) in [5.74, 6) is -10.8. The van der Waals surface area contributed by atoms with E-state index in [2.05, 4.69) is 105 Å². The second-order valence-electron chi connectivity index (χ2n) is 32.5. The van der Waals surface area contributed by atoms with E-state index in [9.17, 15) is 66.3 Å². The topological polar surface area (TPSA) is 688 Å². The van der Waals surface area contributed by atoms with Gasteiger partial charge in [0, 0.05) is 88.3 Å². The van der Waals surface area contributed by atoms with E-state index < -0.39 is 179 Å². The summed E-state index contributed by atoms with van der Waals surface area (Å²) in [6, 6.07) is 1.36. The fourth-order valence-corrected chi connectivity index (χ4v) is 15.5. The first kappa shape index (κ1) is 110. The van der Waals surface area contributed by atoms with Gasteiger partial charge in [0.1, 0.15) is 60.8 Å². The van der Waals surface area contributed by atoms with Crippen LogP contribution in [0.3, 0.4) is 0 Å². The van der Waals surface area contributed by atoms with Crippen LogP contribution in [-0.2, 0) is 101 Å². The molecule has 131 heavy (non-hydrogen) atoms. The molecule has 1 aliphatic rings. The fourth-order valence-electron chi connectivity index (χ4n) is 14.4. The number of urea groups is 1. The van der Waals surface area contributed by atoms with E-state index in [1.807, 2.05) is 18.2 Å². The number of aromatic amines is 2. The second-order valence-corrected chi connectivity index (χ2v) is 34.3. The Kier molecular flexibility index (Phi) is 52.8. The molecule has 0 unspecified atom stereocenters. The van der Waals surface area contributed by atoms with E-state index in [0.717, 1.165) is 68.1 Å².